The van der Waals surface area contributed by atoms with E-state index >= 15 is 0 Å². The van der Waals surface area contributed by atoms with Crippen molar-refractivity contribution in [2.75, 3.05) is 39.3 Å². The molecule has 0 unspecified atom stereocenters. The Balaban J connectivity index is 1.77. The van der Waals surface area contributed by atoms with Crippen molar-refractivity contribution in [3.05, 3.63) is 28.5 Å². The van der Waals surface area contributed by atoms with E-state index in [1.165, 1.54) is 12.1 Å². The minimum atomic E-state index is -0.281. The number of halogens is 2. The lowest BCUT2D eigenvalue weighted by atomic mass is 10.3. The molecule has 0 bridgehead atoms. The summed E-state index contributed by atoms with van der Waals surface area (Å²) in [6.07, 6.45) is 0. The second-order valence-corrected chi connectivity index (χ2v) is 4.96. The Kier molecular flexibility index (Phi) is 4.76. The normalized spacial score (nSPS) is 17.1. The van der Waals surface area contributed by atoms with E-state index in [4.69, 9.17) is 4.74 Å². The van der Waals surface area contributed by atoms with Crippen molar-refractivity contribution in [3.63, 3.8) is 0 Å². The highest BCUT2D eigenvalue weighted by Gasteiger charge is 2.09. The van der Waals surface area contributed by atoms with Crippen molar-refractivity contribution >= 4 is 15.9 Å². The predicted molar refractivity (Wildman–Crippen MR) is 68.9 cm³/mol. The Labute approximate surface area is 109 Å². The van der Waals surface area contributed by atoms with Gasteiger partial charge in [-0.1, -0.05) is 15.9 Å². The van der Waals surface area contributed by atoms with Crippen molar-refractivity contribution < 1.29 is 9.13 Å². The molecule has 0 radical (unpaired) electrons. The highest BCUT2D eigenvalue weighted by atomic mass is 79.9. The molecule has 3 nitrogen and oxygen atoms in total. The van der Waals surface area contributed by atoms with Crippen molar-refractivity contribution in [3.8, 4) is 5.75 Å². The molecule has 1 aromatic rings. The number of benzene rings is 1. The fourth-order valence-electron chi connectivity index (χ4n) is 1.84. The van der Waals surface area contributed by atoms with Crippen LogP contribution in [0.5, 0.6) is 5.75 Å². The van der Waals surface area contributed by atoms with Crippen LogP contribution >= 0.6 is 15.9 Å². The number of hydrogen-bond acceptors (Lipinski definition) is 3. The van der Waals surface area contributed by atoms with Gasteiger partial charge in [0.05, 0.1) is 0 Å². The third kappa shape index (κ3) is 4.26. The summed E-state index contributed by atoms with van der Waals surface area (Å²) < 4.78 is 19.3. The molecule has 0 atom stereocenters. The summed E-state index contributed by atoms with van der Waals surface area (Å²) in [6, 6.07) is 4.60. The molecule has 0 spiro atoms. The molecule has 0 aromatic heterocycles. The first kappa shape index (κ1) is 12.8. The number of rotatable bonds is 4. The summed E-state index contributed by atoms with van der Waals surface area (Å²) >= 11 is 3.24. The van der Waals surface area contributed by atoms with Crippen molar-refractivity contribution in [1.29, 1.82) is 0 Å². The molecule has 0 saturated carbocycles. The molecule has 1 aliphatic heterocycles. The molecule has 0 aliphatic carbocycles. The van der Waals surface area contributed by atoms with Crippen LogP contribution in [0.2, 0.25) is 0 Å². The zero-order chi connectivity index (χ0) is 12.1. The molecule has 1 saturated heterocycles. The lowest BCUT2D eigenvalue weighted by Crippen LogP contribution is -2.44. The molecular weight excluding hydrogens is 287 g/mol. The Hall–Kier alpha value is -0.650. The standard InChI is InChI=1S/C12H16BrFN2O/c13-10-7-11(14)9-12(8-10)17-6-5-16-3-1-15-2-4-16/h7-9,15H,1-6H2. The third-order valence-electron chi connectivity index (χ3n) is 2.72. The fourth-order valence-corrected chi connectivity index (χ4v) is 2.28. The van der Waals surface area contributed by atoms with Gasteiger partial charge in [-0.25, -0.2) is 4.39 Å². The van der Waals surface area contributed by atoms with Crippen molar-refractivity contribution in [2.45, 2.75) is 0 Å². The molecule has 94 valence electrons. The van der Waals surface area contributed by atoms with Gasteiger partial charge >= 0.3 is 0 Å². The van der Waals surface area contributed by atoms with Gasteiger partial charge in [0.25, 0.3) is 0 Å². The second kappa shape index (κ2) is 6.33. The zero-order valence-electron chi connectivity index (χ0n) is 9.59. The van der Waals surface area contributed by atoms with Gasteiger partial charge in [0.2, 0.25) is 0 Å². The van der Waals surface area contributed by atoms with Crippen LogP contribution in [0.25, 0.3) is 0 Å². The predicted octanol–water partition coefficient (Wildman–Crippen LogP) is 1.87. The average Bonchev–Trinajstić information content (AvgIpc) is 2.29. The molecule has 1 heterocycles. The Morgan fingerprint density at radius 2 is 2.06 bits per heavy atom. The van der Waals surface area contributed by atoms with E-state index in [0.717, 1.165) is 32.7 Å². The largest absolute Gasteiger partial charge is 0.492 e. The maximum atomic E-state index is 13.1. The Bertz CT molecular complexity index is 349. The lowest BCUT2D eigenvalue weighted by Gasteiger charge is -2.26. The maximum Gasteiger partial charge on any atom is 0.128 e. The van der Waals surface area contributed by atoms with E-state index < -0.39 is 0 Å². The van der Waals surface area contributed by atoms with E-state index in [1.807, 2.05) is 0 Å². The first-order valence-electron chi connectivity index (χ1n) is 5.76. The molecule has 1 fully saturated rings. The van der Waals surface area contributed by atoms with Crippen LogP contribution in [-0.2, 0) is 0 Å². The topological polar surface area (TPSA) is 24.5 Å². The smallest absolute Gasteiger partial charge is 0.128 e. The van der Waals surface area contributed by atoms with Crippen LogP contribution in [0.15, 0.2) is 22.7 Å². The average molecular weight is 303 g/mol. The van der Waals surface area contributed by atoms with Crippen LogP contribution in [-0.4, -0.2) is 44.2 Å². The van der Waals surface area contributed by atoms with Crippen LogP contribution in [0.1, 0.15) is 0 Å². The van der Waals surface area contributed by atoms with Crippen LogP contribution in [0, 0.1) is 5.82 Å². The SMILES string of the molecule is Fc1cc(Br)cc(OCCN2CCNCC2)c1. The Morgan fingerprint density at radius 3 is 2.76 bits per heavy atom. The quantitative estimate of drug-likeness (QED) is 0.919. The van der Waals surface area contributed by atoms with Gasteiger partial charge in [-0.3, -0.25) is 4.90 Å². The van der Waals surface area contributed by atoms with Crippen molar-refractivity contribution in [1.82, 2.24) is 10.2 Å². The van der Waals surface area contributed by atoms with Gasteiger partial charge in [-0.05, 0) is 12.1 Å². The molecule has 1 N–H and O–H groups in total. The summed E-state index contributed by atoms with van der Waals surface area (Å²) in [5.41, 5.74) is 0. The monoisotopic (exact) mass is 302 g/mol. The molecule has 0 amide bonds. The summed E-state index contributed by atoms with van der Waals surface area (Å²) in [6.45, 7) is 5.65. The molecule has 5 heteroatoms. The van der Waals surface area contributed by atoms with Crippen LogP contribution < -0.4 is 10.1 Å². The molecule has 1 aromatic carbocycles. The van der Waals surface area contributed by atoms with Gasteiger partial charge < -0.3 is 10.1 Å². The molecule has 2 rings (SSSR count). The van der Waals surface area contributed by atoms with Gasteiger partial charge in [0, 0.05) is 43.3 Å². The number of nitrogens with one attached hydrogen (secondary N) is 1. The second-order valence-electron chi connectivity index (χ2n) is 4.05. The first-order valence-corrected chi connectivity index (χ1v) is 6.55. The summed E-state index contributed by atoms with van der Waals surface area (Å²) in [7, 11) is 0. The maximum absolute atomic E-state index is 13.1. The number of ether oxygens (including phenoxy) is 1. The third-order valence-corrected chi connectivity index (χ3v) is 3.18. The molecule has 1 aliphatic rings. The van der Waals surface area contributed by atoms with E-state index in [0.29, 0.717) is 16.8 Å². The highest BCUT2D eigenvalue weighted by molar-refractivity contribution is 9.10. The zero-order valence-corrected chi connectivity index (χ0v) is 11.2. The lowest BCUT2D eigenvalue weighted by molar-refractivity contribution is 0.191. The summed E-state index contributed by atoms with van der Waals surface area (Å²) in [4.78, 5) is 2.34. The number of piperazine rings is 1. The van der Waals surface area contributed by atoms with Gasteiger partial charge in [-0.15, -0.1) is 0 Å². The highest BCUT2D eigenvalue weighted by Crippen LogP contribution is 2.20. The van der Waals surface area contributed by atoms with E-state index in [2.05, 4.69) is 26.1 Å². The fraction of sp³-hybridized carbons (Fsp3) is 0.500. The van der Waals surface area contributed by atoms with Gasteiger partial charge in [0.1, 0.15) is 18.2 Å². The first-order chi connectivity index (χ1) is 8.24. The van der Waals surface area contributed by atoms with Crippen molar-refractivity contribution in [2.24, 2.45) is 0 Å². The summed E-state index contributed by atoms with van der Waals surface area (Å²) in [5.74, 6) is 0.295. The van der Waals surface area contributed by atoms with E-state index in [-0.39, 0.29) is 5.82 Å². The van der Waals surface area contributed by atoms with Gasteiger partial charge in [0.15, 0.2) is 0 Å². The van der Waals surface area contributed by atoms with E-state index in [1.54, 1.807) is 6.07 Å². The summed E-state index contributed by atoms with van der Waals surface area (Å²) in [5, 5.41) is 3.30. The van der Waals surface area contributed by atoms with E-state index in [9.17, 15) is 4.39 Å². The number of hydrogen-bond donors (Lipinski definition) is 1. The van der Waals surface area contributed by atoms with Crippen LogP contribution in [0.3, 0.4) is 0 Å². The van der Waals surface area contributed by atoms with Crippen LogP contribution in [0.4, 0.5) is 4.39 Å². The Morgan fingerprint density at radius 1 is 1.29 bits per heavy atom. The minimum Gasteiger partial charge on any atom is -0.492 e. The number of nitrogens with zero attached hydrogens (tertiary/aromatic N) is 1. The molecule has 17 heavy (non-hydrogen) atoms. The minimum absolute atomic E-state index is 0.281. The molecular formula is C12H16BrFN2O. The van der Waals surface area contributed by atoms with Gasteiger partial charge in [-0.2, -0.15) is 0 Å².